The first-order chi connectivity index (χ1) is 16.0. The monoisotopic (exact) mass is 508 g/mol. The number of hydrogen-bond donors (Lipinski definition) is 0. The van der Waals surface area contributed by atoms with Crippen molar-refractivity contribution < 1.29 is 18.9 Å². The van der Waals surface area contributed by atoms with Crippen molar-refractivity contribution in [2.45, 2.75) is 6.92 Å². The molecule has 7 nitrogen and oxygen atoms in total. The highest BCUT2D eigenvalue weighted by molar-refractivity contribution is 9.10. The molecule has 0 unspecified atom stereocenters. The Hall–Kier alpha value is -3.78. The van der Waals surface area contributed by atoms with Crippen LogP contribution in [0, 0.1) is 6.92 Å². The predicted molar refractivity (Wildman–Crippen MR) is 128 cm³/mol. The van der Waals surface area contributed by atoms with E-state index in [4.69, 9.17) is 18.9 Å². The maximum absolute atomic E-state index is 13.5. The lowest BCUT2D eigenvalue weighted by atomic mass is 10.2. The first-order valence-corrected chi connectivity index (χ1v) is 10.8. The Balaban J connectivity index is 1.82. The summed E-state index contributed by atoms with van der Waals surface area (Å²) in [5.41, 5.74) is 1.13. The van der Waals surface area contributed by atoms with Gasteiger partial charge in [0.25, 0.3) is 0 Å². The number of halogens is 1. The van der Waals surface area contributed by atoms with Gasteiger partial charge in [0.2, 0.25) is 11.5 Å². The van der Waals surface area contributed by atoms with E-state index in [1.807, 2.05) is 25.1 Å². The number of ether oxygens (including phenoxy) is 4. The molecular weight excluding hydrogens is 488 g/mol. The summed E-state index contributed by atoms with van der Waals surface area (Å²) in [6.07, 6.45) is 0. The molecule has 0 fully saturated rings. The number of hydrogen-bond acceptors (Lipinski definition) is 6. The van der Waals surface area contributed by atoms with Crippen LogP contribution in [-0.2, 0) is 0 Å². The minimum absolute atomic E-state index is 0.0145. The first-order valence-electron chi connectivity index (χ1n) is 10.0. The Morgan fingerprint density at radius 1 is 0.758 bits per heavy atom. The molecule has 4 aromatic rings. The van der Waals surface area contributed by atoms with Crippen LogP contribution in [0.3, 0.4) is 0 Å². The summed E-state index contributed by atoms with van der Waals surface area (Å²) >= 11 is 3.45. The van der Waals surface area contributed by atoms with Gasteiger partial charge in [-0.1, -0.05) is 12.1 Å². The molecule has 33 heavy (non-hydrogen) atoms. The minimum atomic E-state index is -0.469. The Morgan fingerprint density at radius 3 is 1.79 bits per heavy atom. The first kappa shape index (κ1) is 22.4. The molecule has 8 heteroatoms. The maximum atomic E-state index is 13.5. The summed E-state index contributed by atoms with van der Waals surface area (Å²) < 4.78 is 24.0. The van der Waals surface area contributed by atoms with E-state index in [-0.39, 0.29) is 11.5 Å². The van der Waals surface area contributed by atoms with Crippen LogP contribution < -0.4 is 24.5 Å². The highest BCUT2D eigenvalue weighted by atomic mass is 79.9. The molecule has 0 N–H and O–H groups in total. The van der Waals surface area contributed by atoms with Crippen LogP contribution in [0.5, 0.6) is 34.5 Å². The fraction of sp³-hybridized carbons (Fsp3) is 0.120. The third-order valence-corrected chi connectivity index (χ3v) is 5.29. The second kappa shape index (κ2) is 9.79. The van der Waals surface area contributed by atoms with Crippen molar-refractivity contribution in [2.75, 3.05) is 14.2 Å². The maximum Gasteiger partial charge on any atom is 0.318 e. The van der Waals surface area contributed by atoms with Gasteiger partial charge in [-0.25, -0.2) is 0 Å². The number of benzene rings is 3. The highest BCUT2D eigenvalue weighted by Crippen LogP contribution is 2.38. The summed E-state index contributed by atoms with van der Waals surface area (Å²) in [6.45, 7) is 1.94. The van der Waals surface area contributed by atoms with Crippen molar-refractivity contribution in [1.29, 1.82) is 0 Å². The smallest absolute Gasteiger partial charge is 0.318 e. The Kier molecular flexibility index (Phi) is 6.65. The predicted octanol–water partition coefficient (Wildman–Crippen LogP) is 5.91. The normalized spacial score (nSPS) is 10.5. The lowest BCUT2D eigenvalue weighted by Crippen LogP contribution is -2.23. The number of nitrogens with zero attached hydrogens (tertiary/aromatic N) is 2. The molecular formula is C25H21BrN2O5. The van der Waals surface area contributed by atoms with E-state index in [9.17, 15) is 4.79 Å². The van der Waals surface area contributed by atoms with E-state index in [1.165, 1.54) is 4.68 Å². The largest absolute Gasteiger partial charge is 0.497 e. The van der Waals surface area contributed by atoms with Crippen molar-refractivity contribution in [1.82, 2.24) is 9.78 Å². The van der Waals surface area contributed by atoms with Crippen molar-refractivity contribution >= 4 is 15.9 Å². The average Bonchev–Trinajstić information content (AvgIpc) is 2.84. The Morgan fingerprint density at radius 2 is 1.27 bits per heavy atom. The van der Waals surface area contributed by atoms with Crippen LogP contribution in [-0.4, -0.2) is 24.0 Å². The molecule has 0 saturated carbocycles. The van der Waals surface area contributed by atoms with Gasteiger partial charge in [0.1, 0.15) is 23.0 Å². The van der Waals surface area contributed by atoms with E-state index >= 15 is 0 Å². The van der Waals surface area contributed by atoms with Crippen LogP contribution in [0.25, 0.3) is 5.69 Å². The van der Waals surface area contributed by atoms with Gasteiger partial charge in [-0.3, -0.25) is 4.79 Å². The van der Waals surface area contributed by atoms with E-state index in [0.29, 0.717) is 33.3 Å². The van der Waals surface area contributed by atoms with Crippen LogP contribution in [0.4, 0.5) is 0 Å². The molecule has 0 atom stereocenters. The molecule has 1 heterocycles. The zero-order valence-corrected chi connectivity index (χ0v) is 19.8. The number of methoxy groups -OCH3 is 2. The average molecular weight is 509 g/mol. The molecule has 0 radical (unpaired) electrons. The third-order valence-electron chi connectivity index (χ3n) is 4.77. The molecule has 0 saturated heterocycles. The summed E-state index contributed by atoms with van der Waals surface area (Å²) in [7, 11) is 3.17. The van der Waals surface area contributed by atoms with Gasteiger partial charge < -0.3 is 18.9 Å². The molecule has 1 aromatic heterocycles. The molecule has 0 aliphatic heterocycles. The number of aryl methyl sites for hydroxylation is 1. The summed E-state index contributed by atoms with van der Waals surface area (Å²) in [5, 5.41) is 4.41. The van der Waals surface area contributed by atoms with E-state index in [2.05, 4.69) is 21.0 Å². The van der Waals surface area contributed by atoms with Gasteiger partial charge in [-0.2, -0.15) is 9.78 Å². The van der Waals surface area contributed by atoms with E-state index in [1.54, 1.807) is 68.8 Å². The fourth-order valence-corrected chi connectivity index (χ4v) is 3.52. The van der Waals surface area contributed by atoms with Crippen molar-refractivity contribution in [3.05, 3.63) is 93.3 Å². The van der Waals surface area contributed by atoms with Crippen LogP contribution >= 0.6 is 15.9 Å². The van der Waals surface area contributed by atoms with E-state index in [0.717, 1.165) is 5.56 Å². The van der Waals surface area contributed by atoms with Crippen LogP contribution in [0.2, 0.25) is 0 Å². The van der Waals surface area contributed by atoms with Crippen molar-refractivity contribution in [3.8, 4) is 40.2 Å². The fourth-order valence-electron chi connectivity index (χ4n) is 3.10. The van der Waals surface area contributed by atoms with E-state index < -0.39 is 5.56 Å². The SMILES string of the molecule is COc1ccc(Oc2c(Br)nn(-c3cccc(C)c3)c(=O)c2Oc2ccc(OC)cc2)cc1. The molecule has 0 bridgehead atoms. The molecule has 168 valence electrons. The molecule has 0 spiro atoms. The zero-order chi connectivity index (χ0) is 23.4. The second-order valence-corrected chi connectivity index (χ2v) is 7.81. The second-order valence-electron chi connectivity index (χ2n) is 7.06. The Bertz CT molecular complexity index is 1320. The lowest BCUT2D eigenvalue weighted by Gasteiger charge is -2.16. The van der Waals surface area contributed by atoms with Crippen molar-refractivity contribution in [3.63, 3.8) is 0 Å². The molecule has 0 amide bonds. The molecule has 4 rings (SSSR count). The van der Waals surface area contributed by atoms with Gasteiger partial charge in [-0.15, -0.1) is 0 Å². The quantitative estimate of drug-likeness (QED) is 0.309. The molecule has 0 aliphatic carbocycles. The molecule has 3 aromatic carbocycles. The molecule has 0 aliphatic rings. The van der Waals surface area contributed by atoms with Gasteiger partial charge in [0.05, 0.1) is 19.9 Å². The van der Waals surface area contributed by atoms with Gasteiger partial charge >= 0.3 is 5.56 Å². The summed E-state index contributed by atoms with van der Waals surface area (Å²) in [5.74, 6) is 2.44. The number of rotatable bonds is 7. The highest BCUT2D eigenvalue weighted by Gasteiger charge is 2.22. The van der Waals surface area contributed by atoms with Crippen LogP contribution in [0.15, 0.2) is 82.2 Å². The zero-order valence-electron chi connectivity index (χ0n) is 18.2. The topological polar surface area (TPSA) is 71.8 Å². The Labute approximate surface area is 199 Å². The van der Waals surface area contributed by atoms with Gasteiger partial charge in [0.15, 0.2) is 4.60 Å². The lowest BCUT2D eigenvalue weighted by molar-refractivity contribution is 0.395. The van der Waals surface area contributed by atoms with Gasteiger partial charge in [-0.05, 0) is 89.1 Å². The van der Waals surface area contributed by atoms with Gasteiger partial charge in [0, 0.05) is 0 Å². The van der Waals surface area contributed by atoms with Crippen LogP contribution in [0.1, 0.15) is 5.56 Å². The third kappa shape index (κ3) is 5.01. The standard InChI is InChI=1S/C25H21BrN2O5/c1-16-5-4-6-17(15-16)28-25(29)23(33-21-13-9-19(31-3)10-14-21)22(24(26)27-28)32-20-11-7-18(30-2)8-12-20/h4-15H,1-3H3. The minimum Gasteiger partial charge on any atom is -0.497 e. The summed E-state index contributed by atoms with van der Waals surface area (Å²) in [4.78, 5) is 13.5. The summed E-state index contributed by atoms with van der Waals surface area (Å²) in [6, 6.07) is 21.4. The number of aromatic nitrogens is 2. The van der Waals surface area contributed by atoms with Crippen molar-refractivity contribution in [2.24, 2.45) is 0 Å².